The zero-order valence-corrected chi connectivity index (χ0v) is 13.5. The number of sulfone groups is 1. The van der Waals surface area contributed by atoms with E-state index < -0.39 is 21.1 Å². The molecule has 0 saturated carbocycles. The molecule has 0 radical (unpaired) electrons. The fourth-order valence-corrected chi connectivity index (χ4v) is 4.61. The molecule has 1 atom stereocenters. The monoisotopic (exact) mass is 337 g/mol. The lowest BCUT2D eigenvalue weighted by atomic mass is 10.2. The Morgan fingerprint density at radius 1 is 1.40 bits per heavy atom. The Kier molecular flexibility index (Phi) is 5.09. The number of hydrogen-bond donors (Lipinski definition) is 0. The number of fused-ring (bicyclic) bond motifs is 1. The normalized spacial score (nSPS) is 22.6. The van der Waals surface area contributed by atoms with Gasteiger partial charge in [-0.2, -0.15) is 10.1 Å². The van der Waals surface area contributed by atoms with Crippen LogP contribution in [-0.4, -0.2) is 46.6 Å². The van der Waals surface area contributed by atoms with Crippen molar-refractivity contribution >= 4 is 48.7 Å². The molecule has 0 spiro atoms. The Labute approximate surface area is 127 Å². The molecule has 2 aliphatic heterocycles. The van der Waals surface area contributed by atoms with E-state index in [9.17, 15) is 13.2 Å². The van der Waals surface area contributed by atoms with Gasteiger partial charge >= 0.3 is 0 Å². The molecule has 9 heteroatoms. The summed E-state index contributed by atoms with van der Waals surface area (Å²) in [7, 11) is -3.40. The summed E-state index contributed by atoms with van der Waals surface area (Å²) in [6.07, 6.45) is 3.59. The first kappa shape index (κ1) is 15.8. The van der Waals surface area contributed by atoms with Gasteiger partial charge in [-0.3, -0.25) is 4.79 Å². The van der Waals surface area contributed by atoms with Gasteiger partial charge in [0.2, 0.25) is 14.2 Å². The van der Waals surface area contributed by atoms with Crippen molar-refractivity contribution in [2.75, 3.05) is 12.3 Å². The number of thioether (sulfide) groups is 1. The van der Waals surface area contributed by atoms with E-state index in [0.717, 1.165) is 31.0 Å². The van der Waals surface area contributed by atoms with Gasteiger partial charge in [0.1, 0.15) is 5.38 Å². The Morgan fingerprint density at radius 2 is 2.15 bits per heavy atom. The summed E-state index contributed by atoms with van der Waals surface area (Å²) in [6, 6.07) is 0. The maximum absolute atomic E-state index is 12.2. The van der Waals surface area contributed by atoms with E-state index in [-0.39, 0.29) is 16.7 Å². The molecule has 112 valence electrons. The molecule has 0 fully saturated rings. The smallest absolute Gasteiger partial charge is 0.268 e. The lowest BCUT2D eigenvalue weighted by molar-refractivity contribution is -0.118. The first-order valence-electron chi connectivity index (χ1n) is 6.47. The van der Waals surface area contributed by atoms with E-state index in [1.54, 1.807) is 0 Å². The van der Waals surface area contributed by atoms with Crippen LogP contribution in [0.2, 0.25) is 0 Å². The average molecular weight is 338 g/mol. The van der Waals surface area contributed by atoms with Crippen LogP contribution in [0.1, 0.15) is 32.6 Å². The van der Waals surface area contributed by atoms with Crippen LogP contribution in [0.25, 0.3) is 0 Å². The maximum atomic E-state index is 12.2. The fraction of sp³-hybridized carbons (Fsp3) is 0.727. The van der Waals surface area contributed by atoms with Gasteiger partial charge in [0, 0.05) is 0 Å². The minimum atomic E-state index is -3.40. The van der Waals surface area contributed by atoms with E-state index in [4.69, 9.17) is 11.6 Å². The summed E-state index contributed by atoms with van der Waals surface area (Å²) < 4.78 is 24.3. The van der Waals surface area contributed by atoms with Crippen molar-refractivity contribution < 1.29 is 13.2 Å². The number of unbranched alkanes of at least 4 members (excludes halogenated alkanes) is 3. The third kappa shape index (κ3) is 3.53. The van der Waals surface area contributed by atoms with Crippen LogP contribution >= 0.6 is 23.4 Å². The van der Waals surface area contributed by atoms with E-state index in [1.165, 1.54) is 5.01 Å². The van der Waals surface area contributed by atoms with Crippen LogP contribution in [-0.2, 0) is 14.6 Å². The first-order valence-corrected chi connectivity index (χ1v) is 9.38. The molecule has 0 saturated heterocycles. The highest BCUT2D eigenvalue weighted by Gasteiger charge is 2.37. The Morgan fingerprint density at radius 3 is 2.85 bits per heavy atom. The van der Waals surface area contributed by atoms with Gasteiger partial charge in [0.05, 0.1) is 12.3 Å². The standard InChI is InChI=1S/C11H16ClN3O3S2/c1-2-3-4-5-6-20(17,18)11-14-15-7-8(12)9(16)13-10(15)19-11/h8H,2-7H2,1H3. The summed E-state index contributed by atoms with van der Waals surface area (Å²) in [5, 5.41) is 4.95. The molecule has 6 nitrogen and oxygen atoms in total. The van der Waals surface area contributed by atoms with E-state index in [0.29, 0.717) is 11.6 Å². The van der Waals surface area contributed by atoms with Gasteiger partial charge in [0.25, 0.3) is 5.91 Å². The van der Waals surface area contributed by atoms with Crippen molar-refractivity contribution in [2.24, 2.45) is 10.1 Å². The van der Waals surface area contributed by atoms with Crippen LogP contribution in [0.5, 0.6) is 0 Å². The van der Waals surface area contributed by atoms with Gasteiger partial charge < -0.3 is 0 Å². The van der Waals surface area contributed by atoms with E-state index in [1.807, 2.05) is 0 Å². The van der Waals surface area contributed by atoms with E-state index in [2.05, 4.69) is 17.0 Å². The molecule has 1 amide bonds. The molecular weight excluding hydrogens is 322 g/mol. The van der Waals surface area contributed by atoms with Crippen LogP contribution in [0.3, 0.4) is 0 Å². The summed E-state index contributed by atoms with van der Waals surface area (Å²) in [5.41, 5.74) is 0. The molecule has 2 heterocycles. The molecule has 0 aromatic rings. The fourth-order valence-electron chi connectivity index (χ4n) is 1.82. The number of carbonyl (C=O) groups is 1. The van der Waals surface area contributed by atoms with Gasteiger partial charge in [-0.15, -0.1) is 11.6 Å². The molecule has 2 rings (SSSR count). The minimum absolute atomic E-state index is 0.0197. The van der Waals surface area contributed by atoms with Crippen molar-refractivity contribution in [3.63, 3.8) is 0 Å². The van der Waals surface area contributed by atoms with Crippen molar-refractivity contribution in [2.45, 2.75) is 38.0 Å². The molecule has 0 bridgehead atoms. The van der Waals surface area contributed by atoms with Gasteiger partial charge in [-0.05, 0) is 18.2 Å². The Hall–Kier alpha value is -0.600. The van der Waals surface area contributed by atoms with Crippen molar-refractivity contribution in [3.8, 4) is 0 Å². The van der Waals surface area contributed by atoms with Crippen molar-refractivity contribution in [3.05, 3.63) is 0 Å². The third-order valence-corrected chi connectivity index (χ3v) is 6.46. The summed E-state index contributed by atoms with van der Waals surface area (Å²) in [6.45, 7) is 2.24. The minimum Gasteiger partial charge on any atom is -0.271 e. The van der Waals surface area contributed by atoms with Gasteiger partial charge in [-0.1, -0.05) is 26.2 Å². The number of halogens is 1. The molecule has 0 aromatic heterocycles. The van der Waals surface area contributed by atoms with Crippen molar-refractivity contribution in [1.82, 2.24) is 5.01 Å². The SMILES string of the molecule is CCCCCCS(=O)(=O)C1=NN2CC(Cl)C(=O)N=C2S1. The number of alkyl halides is 1. The average Bonchev–Trinajstić information content (AvgIpc) is 2.79. The Balaban J connectivity index is 2.02. The predicted octanol–water partition coefficient (Wildman–Crippen LogP) is 1.80. The number of rotatable bonds is 5. The maximum Gasteiger partial charge on any atom is 0.268 e. The third-order valence-electron chi connectivity index (χ3n) is 2.94. The molecule has 2 aliphatic rings. The number of aliphatic imine (C=N–C) groups is 1. The summed E-state index contributed by atoms with van der Waals surface area (Å²) in [5.74, 6) is -0.361. The molecule has 20 heavy (non-hydrogen) atoms. The second-order valence-corrected chi connectivity index (χ2v) is 8.40. The number of carbonyl (C=O) groups excluding carboxylic acids is 1. The summed E-state index contributed by atoms with van der Waals surface area (Å²) in [4.78, 5) is 15.1. The molecule has 0 aliphatic carbocycles. The first-order chi connectivity index (χ1) is 9.44. The molecule has 0 aromatic carbocycles. The Bertz CT molecular complexity index is 559. The van der Waals surface area contributed by atoms with Crippen LogP contribution in [0, 0.1) is 0 Å². The second kappa shape index (κ2) is 6.44. The number of amides is 1. The number of hydrazone groups is 1. The van der Waals surface area contributed by atoms with E-state index >= 15 is 0 Å². The lowest BCUT2D eigenvalue weighted by Crippen LogP contribution is -2.36. The lowest BCUT2D eigenvalue weighted by Gasteiger charge is -2.19. The molecule has 0 N–H and O–H groups in total. The van der Waals surface area contributed by atoms with Crippen molar-refractivity contribution in [1.29, 1.82) is 0 Å². The number of amidine groups is 1. The molecule has 1 unspecified atom stereocenters. The zero-order chi connectivity index (χ0) is 14.8. The van der Waals surface area contributed by atoms with Crippen LogP contribution in [0.4, 0.5) is 0 Å². The highest BCUT2D eigenvalue weighted by Crippen LogP contribution is 2.28. The largest absolute Gasteiger partial charge is 0.271 e. The number of nitrogens with zero attached hydrogens (tertiary/aromatic N) is 3. The number of hydrogen-bond acceptors (Lipinski definition) is 6. The van der Waals surface area contributed by atoms with Gasteiger partial charge in [-0.25, -0.2) is 13.4 Å². The molecular formula is C11H16ClN3O3S2. The highest BCUT2D eigenvalue weighted by atomic mass is 35.5. The topological polar surface area (TPSA) is 79.2 Å². The van der Waals surface area contributed by atoms with Gasteiger partial charge in [0.15, 0.2) is 5.17 Å². The van der Waals surface area contributed by atoms with Crippen LogP contribution < -0.4 is 0 Å². The predicted molar refractivity (Wildman–Crippen MR) is 81.7 cm³/mol. The summed E-state index contributed by atoms with van der Waals surface area (Å²) >= 11 is 6.72. The second-order valence-electron chi connectivity index (χ2n) is 4.63. The quantitative estimate of drug-likeness (QED) is 0.564. The van der Waals surface area contributed by atoms with Crippen LogP contribution in [0.15, 0.2) is 10.1 Å². The zero-order valence-electron chi connectivity index (χ0n) is 11.1. The highest BCUT2D eigenvalue weighted by molar-refractivity contribution is 8.42.